The Morgan fingerprint density at radius 2 is 1.90 bits per heavy atom. The van der Waals surface area contributed by atoms with Crippen LogP contribution < -0.4 is 9.47 Å². The minimum Gasteiger partial charge on any atom is -0.493 e. The number of aromatic amines is 1. The summed E-state index contributed by atoms with van der Waals surface area (Å²) in [6.45, 7) is 3.46. The first-order valence-corrected chi connectivity index (χ1v) is 9.40. The lowest BCUT2D eigenvalue weighted by Gasteiger charge is -2.22. The molecule has 1 atom stereocenters. The number of amides is 1. The predicted molar refractivity (Wildman–Crippen MR) is 111 cm³/mol. The standard InChI is InChI=1S/C22H22N4O4/c1-13-8-10-15(11-9-13)17-12-18(24-23-17)21-25-26(14(2)27)22(30-21)16-6-5-7-19(28-3)20(16)29-4/h5-12,22H,1-4H3,(H,23,24). The summed E-state index contributed by atoms with van der Waals surface area (Å²) in [4.78, 5) is 12.3. The number of hydrogen-bond donors (Lipinski definition) is 1. The van der Waals surface area contributed by atoms with Gasteiger partial charge in [-0.15, -0.1) is 5.10 Å². The second-order valence-corrected chi connectivity index (χ2v) is 6.85. The van der Waals surface area contributed by atoms with E-state index >= 15 is 0 Å². The molecule has 1 N–H and O–H groups in total. The average molecular weight is 406 g/mol. The molecule has 1 aromatic heterocycles. The summed E-state index contributed by atoms with van der Waals surface area (Å²) in [7, 11) is 3.10. The van der Waals surface area contributed by atoms with E-state index in [-0.39, 0.29) is 11.8 Å². The Kier molecular flexibility index (Phi) is 5.14. The molecular weight excluding hydrogens is 384 g/mol. The fourth-order valence-electron chi connectivity index (χ4n) is 3.29. The summed E-state index contributed by atoms with van der Waals surface area (Å²) in [5.74, 6) is 1.03. The third-order valence-corrected chi connectivity index (χ3v) is 4.82. The first kappa shape index (κ1) is 19.5. The number of hydrazone groups is 1. The lowest BCUT2D eigenvalue weighted by Crippen LogP contribution is -2.25. The van der Waals surface area contributed by atoms with Crippen LogP contribution in [-0.4, -0.2) is 41.2 Å². The van der Waals surface area contributed by atoms with Gasteiger partial charge in [0.1, 0.15) is 5.69 Å². The van der Waals surface area contributed by atoms with Crippen LogP contribution in [0.1, 0.15) is 30.0 Å². The summed E-state index contributed by atoms with van der Waals surface area (Å²) < 4.78 is 16.9. The van der Waals surface area contributed by atoms with Gasteiger partial charge in [0.15, 0.2) is 11.5 Å². The number of rotatable bonds is 5. The zero-order valence-corrected chi connectivity index (χ0v) is 17.2. The van der Waals surface area contributed by atoms with Crippen LogP contribution in [-0.2, 0) is 9.53 Å². The van der Waals surface area contributed by atoms with Crippen molar-refractivity contribution in [3.8, 4) is 22.8 Å². The number of nitrogens with one attached hydrogen (secondary N) is 1. The van der Waals surface area contributed by atoms with Gasteiger partial charge in [0.05, 0.1) is 25.5 Å². The highest BCUT2D eigenvalue weighted by Crippen LogP contribution is 2.40. The number of benzene rings is 2. The van der Waals surface area contributed by atoms with Crippen molar-refractivity contribution in [3.63, 3.8) is 0 Å². The van der Waals surface area contributed by atoms with Crippen molar-refractivity contribution in [2.75, 3.05) is 14.2 Å². The molecule has 0 aliphatic carbocycles. The predicted octanol–water partition coefficient (Wildman–Crippen LogP) is 3.64. The molecule has 0 saturated carbocycles. The lowest BCUT2D eigenvalue weighted by molar-refractivity contribution is -0.135. The number of para-hydroxylation sites is 1. The smallest absolute Gasteiger partial charge is 0.259 e. The Bertz CT molecular complexity index is 1100. The molecule has 4 rings (SSSR count). The van der Waals surface area contributed by atoms with E-state index in [1.165, 1.54) is 17.5 Å². The maximum Gasteiger partial charge on any atom is 0.259 e. The number of ether oxygens (including phenoxy) is 3. The number of methoxy groups -OCH3 is 2. The molecule has 1 aliphatic rings. The highest BCUT2D eigenvalue weighted by molar-refractivity contribution is 5.95. The fourth-order valence-corrected chi connectivity index (χ4v) is 3.29. The largest absolute Gasteiger partial charge is 0.493 e. The van der Waals surface area contributed by atoms with E-state index in [2.05, 4.69) is 15.3 Å². The molecule has 1 aliphatic heterocycles. The van der Waals surface area contributed by atoms with E-state index in [1.54, 1.807) is 20.3 Å². The van der Waals surface area contributed by atoms with Crippen molar-refractivity contribution in [1.82, 2.24) is 15.2 Å². The highest BCUT2D eigenvalue weighted by atomic mass is 16.5. The summed E-state index contributed by atoms with van der Waals surface area (Å²) in [6.07, 6.45) is -0.784. The molecule has 2 heterocycles. The van der Waals surface area contributed by atoms with Gasteiger partial charge in [0.2, 0.25) is 12.1 Å². The zero-order chi connectivity index (χ0) is 21.3. The minimum atomic E-state index is -0.784. The molecule has 154 valence electrons. The fraction of sp³-hybridized carbons (Fsp3) is 0.227. The van der Waals surface area contributed by atoms with Crippen LogP contribution in [0.5, 0.6) is 11.5 Å². The van der Waals surface area contributed by atoms with Crippen molar-refractivity contribution < 1.29 is 19.0 Å². The minimum absolute atomic E-state index is 0.266. The van der Waals surface area contributed by atoms with Gasteiger partial charge in [0, 0.05) is 12.5 Å². The van der Waals surface area contributed by atoms with Crippen LogP contribution in [0, 0.1) is 6.92 Å². The Labute approximate surface area is 174 Å². The molecule has 3 aromatic rings. The third kappa shape index (κ3) is 3.47. The van der Waals surface area contributed by atoms with Crippen molar-refractivity contribution >= 4 is 11.8 Å². The molecule has 0 radical (unpaired) electrons. The molecule has 0 fully saturated rings. The van der Waals surface area contributed by atoms with Crippen LogP contribution in [0.4, 0.5) is 0 Å². The first-order chi connectivity index (χ1) is 14.5. The highest BCUT2D eigenvalue weighted by Gasteiger charge is 2.36. The molecule has 0 saturated heterocycles. The maximum absolute atomic E-state index is 12.3. The Morgan fingerprint density at radius 1 is 1.13 bits per heavy atom. The van der Waals surface area contributed by atoms with Gasteiger partial charge in [-0.25, -0.2) is 0 Å². The molecule has 0 spiro atoms. The number of nitrogens with zero attached hydrogens (tertiary/aromatic N) is 3. The molecule has 30 heavy (non-hydrogen) atoms. The SMILES string of the molecule is COc1cccc(C2OC(c3cc(-c4ccc(C)cc4)n[nH]3)=NN2C(C)=O)c1OC. The topological polar surface area (TPSA) is 89.0 Å². The molecule has 1 amide bonds. The van der Waals surface area contributed by atoms with Crippen LogP contribution in [0.3, 0.4) is 0 Å². The monoisotopic (exact) mass is 406 g/mol. The number of hydrogen-bond acceptors (Lipinski definition) is 6. The van der Waals surface area contributed by atoms with E-state index in [0.717, 1.165) is 11.3 Å². The Morgan fingerprint density at radius 3 is 2.57 bits per heavy atom. The van der Waals surface area contributed by atoms with Crippen molar-refractivity contribution in [1.29, 1.82) is 0 Å². The number of carbonyl (C=O) groups excluding carboxylic acids is 1. The average Bonchev–Trinajstić information content (AvgIpc) is 3.41. The van der Waals surface area contributed by atoms with Crippen LogP contribution in [0.25, 0.3) is 11.3 Å². The van der Waals surface area contributed by atoms with Gasteiger partial charge in [0.25, 0.3) is 5.90 Å². The molecular formula is C22H22N4O4. The Balaban J connectivity index is 1.67. The summed E-state index contributed by atoms with van der Waals surface area (Å²) in [6, 6.07) is 15.3. The van der Waals surface area contributed by atoms with Crippen LogP contribution in [0.2, 0.25) is 0 Å². The van der Waals surface area contributed by atoms with Gasteiger partial charge in [-0.05, 0) is 25.1 Å². The van der Waals surface area contributed by atoms with E-state index in [1.807, 2.05) is 49.4 Å². The zero-order valence-electron chi connectivity index (χ0n) is 17.2. The normalized spacial score (nSPS) is 15.5. The molecule has 0 bridgehead atoms. The van der Waals surface area contributed by atoms with Crippen molar-refractivity contribution in [3.05, 3.63) is 65.4 Å². The maximum atomic E-state index is 12.3. The molecule has 8 nitrogen and oxygen atoms in total. The Hall–Kier alpha value is -3.81. The number of aryl methyl sites for hydroxylation is 1. The van der Waals surface area contributed by atoms with E-state index in [0.29, 0.717) is 22.8 Å². The van der Waals surface area contributed by atoms with Crippen molar-refractivity contribution in [2.24, 2.45) is 5.10 Å². The quantitative estimate of drug-likeness (QED) is 0.699. The number of H-pyrrole nitrogens is 1. The van der Waals surface area contributed by atoms with Gasteiger partial charge in [-0.1, -0.05) is 35.9 Å². The summed E-state index contributed by atoms with van der Waals surface area (Å²) in [5, 5.41) is 13.0. The van der Waals surface area contributed by atoms with E-state index in [4.69, 9.17) is 14.2 Å². The number of carbonyl (C=O) groups is 1. The molecule has 8 heteroatoms. The van der Waals surface area contributed by atoms with Gasteiger partial charge < -0.3 is 14.2 Å². The van der Waals surface area contributed by atoms with E-state index < -0.39 is 6.23 Å². The lowest BCUT2D eigenvalue weighted by atomic mass is 10.1. The number of aromatic nitrogens is 2. The summed E-state index contributed by atoms with van der Waals surface area (Å²) >= 11 is 0. The van der Waals surface area contributed by atoms with E-state index in [9.17, 15) is 4.79 Å². The second kappa shape index (κ2) is 7.90. The van der Waals surface area contributed by atoms with Crippen LogP contribution >= 0.6 is 0 Å². The first-order valence-electron chi connectivity index (χ1n) is 9.40. The van der Waals surface area contributed by atoms with Crippen LogP contribution in [0.15, 0.2) is 53.6 Å². The molecule has 1 unspecified atom stereocenters. The van der Waals surface area contributed by atoms with Gasteiger partial charge in [-0.2, -0.15) is 10.1 Å². The molecule has 2 aromatic carbocycles. The second-order valence-electron chi connectivity index (χ2n) is 6.85. The van der Waals surface area contributed by atoms with Gasteiger partial charge >= 0.3 is 0 Å². The van der Waals surface area contributed by atoms with Gasteiger partial charge in [-0.3, -0.25) is 9.89 Å². The van der Waals surface area contributed by atoms with Crippen molar-refractivity contribution in [2.45, 2.75) is 20.1 Å². The summed E-state index contributed by atoms with van der Waals surface area (Å²) in [5.41, 5.74) is 4.10. The third-order valence-electron chi connectivity index (χ3n) is 4.82.